The molecule has 1 aromatic carbocycles. The lowest BCUT2D eigenvalue weighted by atomic mass is 10.1. The van der Waals surface area contributed by atoms with E-state index in [2.05, 4.69) is 10.2 Å². The average molecular weight is 408 g/mol. The third-order valence-corrected chi connectivity index (χ3v) is 4.93. The van der Waals surface area contributed by atoms with Gasteiger partial charge in [0.25, 0.3) is 0 Å². The van der Waals surface area contributed by atoms with E-state index in [1.807, 2.05) is 0 Å². The highest BCUT2D eigenvalue weighted by atomic mass is 35.5. The van der Waals surface area contributed by atoms with Gasteiger partial charge >= 0.3 is 6.18 Å². The summed E-state index contributed by atoms with van der Waals surface area (Å²) in [6.07, 6.45) is -4.48. The molecule has 2 heterocycles. The fourth-order valence-electron chi connectivity index (χ4n) is 2.12. The number of hydrogen-bond donors (Lipinski definition) is 1. The molecule has 1 N–H and O–H groups in total. The molecule has 0 aliphatic rings. The highest BCUT2D eigenvalue weighted by Gasteiger charge is 2.32. The van der Waals surface area contributed by atoms with Crippen LogP contribution in [0.25, 0.3) is 5.65 Å². The van der Waals surface area contributed by atoms with E-state index >= 15 is 0 Å². The van der Waals surface area contributed by atoms with Crippen LogP contribution in [0, 0.1) is 0 Å². The van der Waals surface area contributed by atoms with Gasteiger partial charge in [-0.05, 0) is 23.8 Å². The second kappa shape index (κ2) is 7.03. The number of aliphatic hydroxyl groups excluding tert-OH is 1. The topological polar surface area (TPSA) is 50.4 Å². The summed E-state index contributed by atoms with van der Waals surface area (Å²) in [4.78, 5) is 0. The third-order valence-electron chi connectivity index (χ3n) is 3.38. The van der Waals surface area contributed by atoms with Crippen LogP contribution >= 0.6 is 35.0 Å². The number of alkyl halides is 3. The predicted octanol–water partition coefficient (Wildman–Crippen LogP) is 4.88. The summed E-state index contributed by atoms with van der Waals surface area (Å²) in [6, 6.07) is 7.45. The van der Waals surface area contributed by atoms with Crippen molar-refractivity contribution >= 4 is 40.6 Å². The van der Waals surface area contributed by atoms with E-state index in [4.69, 9.17) is 23.2 Å². The van der Waals surface area contributed by atoms with Crippen molar-refractivity contribution in [3.63, 3.8) is 0 Å². The van der Waals surface area contributed by atoms with Gasteiger partial charge in [-0.3, -0.25) is 4.40 Å². The van der Waals surface area contributed by atoms with E-state index < -0.39 is 17.8 Å². The van der Waals surface area contributed by atoms with Gasteiger partial charge in [-0.2, -0.15) is 13.2 Å². The fourth-order valence-corrected chi connectivity index (χ4v) is 3.37. The Morgan fingerprint density at radius 2 is 1.84 bits per heavy atom. The van der Waals surface area contributed by atoms with Gasteiger partial charge in [0.2, 0.25) is 0 Å². The van der Waals surface area contributed by atoms with Crippen molar-refractivity contribution in [3.05, 3.63) is 57.7 Å². The summed E-state index contributed by atoms with van der Waals surface area (Å²) < 4.78 is 40.0. The molecule has 1 unspecified atom stereocenters. The lowest BCUT2D eigenvalue weighted by Gasteiger charge is -2.11. The monoisotopic (exact) mass is 407 g/mol. The van der Waals surface area contributed by atoms with Gasteiger partial charge in [0.05, 0.1) is 16.7 Å². The number of fused-ring (bicyclic) bond motifs is 1. The van der Waals surface area contributed by atoms with Crippen molar-refractivity contribution in [1.29, 1.82) is 0 Å². The normalized spacial score (nSPS) is 13.4. The molecule has 0 aliphatic carbocycles. The lowest BCUT2D eigenvalue weighted by molar-refractivity contribution is -0.137. The van der Waals surface area contributed by atoms with Crippen LogP contribution in [0.2, 0.25) is 10.0 Å². The van der Waals surface area contributed by atoms with Crippen LogP contribution < -0.4 is 0 Å². The van der Waals surface area contributed by atoms with Crippen LogP contribution in [-0.2, 0) is 6.18 Å². The van der Waals surface area contributed by atoms with E-state index in [1.165, 1.54) is 4.40 Å². The third kappa shape index (κ3) is 4.03. The molecule has 3 rings (SSSR count). The first-order chi connectivity index (χ1) is 11.8. The molecule has 0 radical (unpaired) electrons. The van der Waals surface area contributed by atoms with Crippen LogP contribution in [-0.4, -0.2) is 25.5 Å². The van der Waals surface area contributed by atoms with Crippen molar-refractivity contribution < 1.29 is 18.3 Å². The Bertz CT molecular complexity index is 899. The minimum absolute atomic E-state index is 0.123. The second-order valence-corrected chi connectivity index (χ2v) is 6.96. The molecule has 132 valence electrons. The van der Waals surface area contributed by atoms with Crippen LogP contribution in [0.15, 0.2) is 41.7 Å². The number of aliphatic hydroxyl groups is 1. The van der Waals surface area contributed by atoms with Gasteiger partial charge in [0.1, 0.15) is 0 Å². The van der Waals surface area contributed by atoms with Crippen molar-refractivity contribution in [1.82, 2.24) is 14.6 Å². The molecular formula is C15H10Cl2F3N3OS. The summed E-state index contributed by atoms with van der Waals surface area (Å²) in [6.45, 7) is 0. The molecule has 0 amide bonds. The summed E-state index contributed by atoms with van der Waals surface area (Å²) in [7, 11) is 0. The Morgan fingerprint density at radius 3 is 2.48 bits per heavy atom. The summed E-state index contributed by atoms with van der Waals surface area (Å²) >= 11 is 12.7. The molecule has 0 fully saturated rings. The maximum absolute atomic E-state index is 12.9. The van der Waals surface area contributed by atoms with E-state index in [0.717, 1.165) is 24.0 Å². The summed E-state index contributed by atoms with van der Waals surface area (Å²) in [5, 5.41) is 18.4. The molecule has 2 aromatic heterocycles. The maximum atomic E-state index is 12.9. The van der Waals surface area contributed by atoms with Crippen molar-refractivity contribution in [3.8, 4) is 0 Å². The van der Waals surface area contributed by atoms with Crippen LogP contribution in [0.3, 0.4) is 0 Å². The standard InChI is InChI=1S/C15H10Cl2F3N3OS/c16-10-3-1-8(2-4-10)12(24)7-25-14-22-21-13-11(17)5-9(6-23(13)14)15(18,19)20/h1-6,12,24H,7H2. The number of hydrogen-bond acceptors (Lipinski definition) is 4. The number of nitrogens with zero attached hydrogens (tertiary/aromatic N) is 3. The van der Waals surface area contributed by atoms with Crippen molar-refractivity contribution in [2.75, 3.05) is 5.75 Å². The number of thioether (sulfide) groups is 1. The van der Waals surface area contributed by atoms with Crippen LogP contribution in [0.5, 0.6) is 0 Å². The first-order valence-corrected chi connectivity index (χ1v) is 8.67. The van der Waals surface area contributed by atoms with Gasteiger partial charge in [-0.15, -0.1) is 10.2 Å². The maximum Gasteiger partial charge on any atom is 0.417 e. The zero-order valence-electron chi connectivity index (χ0n) is 12.3. The zero-order chi connectivity index (χ0) is 18.2. The molecule has 3 aromatic rings. The first kappa shape index (κ1) is 18.3. The molecule has 0 bridgehead atoms. The van der Waals surface area contributed by atoms with Gasteiger partial charge in [0, 0.05) is 17.0 Å². The highest BCUT2D eigenvalue weighted by molar-refractivity contribution is 7.99. The summed E-state index contributed by atoms with van der Waals surface area (Å²) in [5.41, 5.74) is -0.136. The molecule has 0 aliphatic heterocycles. The number of rotatable bonds is 4. The fraction of sp³-hybridized carbons (Fsp3) is 0.200. The first-order valence-electron chi connectivity index (χ1n) is 6.93. The number of halogens is 5. The smallest absolute Gasteiger partial charge is 0.388 e. The molecule has 1 atom stereocenters. The highest BCUT2D eigenvalue weighted by Crippen LogP contribution is 2.33. The molecule has 0 saturated heterocycles. The van der Waals surface area contributed by atoms with Crippen LogP contribution in [0.1, 0.15) is 17.2 Å². The molecule has 10 heteroatoms. The molecule has 25 heavy (non-hydrogen) atoms. The summed E-state index contributed by atoms with van der Waals surface area (Å²) in [5.74, 6) is 0.177. The van der Waals surface area contributed by atoms with Gasteiger partial charge in [0.15, 0.2) is 10.8 Å². The number of benzene rings is 1. The zero-order valence-corrected chi connectivity index (χ0v) is 14.7. The molecular weight excluding hydrogens is 398 g/mol. The molecule has 4 nitrogen and oxygen atoms in total. The average Bonchev–Trinajstić information content (AvgIpc) is 2.96. The predicted molar refractivity (Wildman–Crippen MR) is 90.1 cm³/mol. The Kier molecular flexibility index (Phi) is 5.15. The van der Waals surface area contributed by atoms with Gasteiger partial charge < -0.3 is 5.11 Å². The van der Waals surface area contributed by atoms with E-state index in [1.54, 1.807) is 24.3 Å². The Morgan fingerprint density at radius 1 is 1.16 bits per heavy atom. The number of pyridine rings is 1. The molecule has 0 saturated carbocycles. The van der Waals surface area contributed by atoms with E-state index in [-0.39, 0.29) is 21.6 Å². The Hall–Kier alpha value is -1.48. The van der Waals surface area contributed by atoms with Crippen molar-refractivity contribution in [2.45, 2.75) is 17.4 Å². The largest absolute Gasteiger partial charge is 0.417 e. The van der Waals surface area contributed by atoms with Crippen molar-refractivity contribution in [2.24, 2.45) is 0 Å². The Labute approximate surface area is 154 Å². The second-order valence-electron chi connectivity index (χ2n) is 5.13. The lowest BCUT2D eigenvalue weighted by Crippen LogP contribution is -2.07. The van der Waals surface area contributed by atoms with Gasteiger partial charge in [-0.1, -0.05) is 47.1 Å². The SMILES string of the molecule is OC(CSc1nnc2c(Cl)cc(C(F)(F)F)cn12)c1ccc(Cl)cc1. The minimum Gasteiger partial charge on any atom is -0.388 e. The van der Waals surface area contributed by atoms with E-state index in [0.29, 0.717) is 10.6 Å². The Balaban J connectivity index is 1.84. The molecule has 0 spiro atoms. The van der Waals surface area contributed by atoms with E-state index in [9.17, 15) is 18.3 Å². The minimum atomic E-state index is -4.53. The van der Waals surface area contributed by atoms with Crippen LogP contribution in [0.4, 0.5) is 13.2 Å². The number of aromatic nitrogens is 3. The van der Waals surface area contributed by atoms with Gasteiger partial charge in [-0.25, -0.2) is 0 Å². The quantitative estimate of drug-likeness (QED) is 0.626.